The average Bonchev–Trinajstić information content (AvgIpc) is 3.32. The van der Waals surface area contributed by atoms with Crippen molar-refractivity contribution in [3.05, 3.63) is 71.5 Å². The molecule has 9 heteroatoms. The first-order valence-electron chi connectivity index (χ1n) is 10.00. The Morgan fingerprint density at radius 2 is 1.94 bits per heavy atom. The third-order valence-electron chi connectivity index (χ3n) is 4.32. The third kappa shape index (κ3) is 7.23. The topological polar surface area (TPSA) is 109 Å². The monoisotopic (exact) mass is 439 g/mol. The number of thioether (sulfide) groups is 1. The van der Waals surface area contributed by atoms with Gasteiger partial charge in [0.25, 0.3) is 11.8 Å². The molecule has 2 amide bonds. The number of carbonyl (C=O) groups excluding carboxylic acids is 2. The van der Waals surface area contributed by atoms with E-state index in [9.17, 15) is 9.59 Å². The Balaban J connectivity index is 1.51. The van der Waals surface area contributed by atoms with Crippen molar-refractivity contribution in [3.8, 4) is 0 Å². The molecule has 0 aliphatic rings. The molecule has 3 N–H and O–H groups in total. The molecular weight excluding hydrogens is 414 g/mol. The van der Waals surface area contributed by atoms with Crippen LogP contribution in [0.3, 0.4) is 0 Å². The normalized spacial score (nSPS) is 10.6. The van der Waals surface area contributed by atoms with E-state index in [-0.39, 0.29) is 11.8 Å². The summed E-state index contributed by atoms with van der Waals surface area (Å²) in [6.07, 6.45) is 2.22. The van der Waals surface area contributed by atoms with Crippen molar-refractivity contribution in [2.24, 2.45) is 0 Å². The number of carbonyl (C=O) groups is 2. The largest absolute Gasteiger partial charge is 0.382 e. The van der Waals surface area contributed by atoms with Gasteiger partial charge in [0.05, 0.1) is 0 Å². The molecule has 0 spiro atoms. The molecule has 0 fully saturated rings. The standard InChI is InChI=1S/C22H25N5O3S/c1-2-30-12-4-11-23-20(28)18-5-3-6-19(13-18)26-21(29)17-9-7-16(8-10-17)14-31-22-24-15-25-27-22/h3,5-10,13,15H,2,4,11-12,14H2,1H3,(H,23,28)(H,26,29)(H,24,25,27). The number of hydrogen-bond donors (Lipinski definition) is 3. The summed E-state index contributed by atoms with van der Waals surface area (Å²) in [6.45, 7) is 3.76. The highest BCUT2D eigenvalue weighted by atomic mass is 32.2. The zero-order chi connectivity index (χ0) is 21.9. The van der Waals surface area contributed by atoms with Crippen LogP contribution in [0.25, 0.3) is 0 Å². The summed E-state index contributed by atoms with van der Waals surface area (Å²) < 4.78 is 5.26. The fourth-order valence-electron chi connectivity index (χ4n) is 2.73. The van der Waals surface area contributed by atoms with Crippen molar-refractivity contribution in [2.75, 3.05) is 25.1 Å². The van der Waals surface area contributed by atoms with Crippen LogP contribution in [-0.2, 0) is 10.5 Å². The first kappa shape index (κ1) is 22.5. The van der Waals surface area contributed by atoms with Gasteiger partial charge in [0.15, 0.2) is 5.16 Å². The number of nitrogens with one attached hydrogen (secondary N) is 3. The predicted molar refractivity (Wildman–Crippen MR) is 120 cm³/mol. The quantitative estimate of drug-likeness (QED) is 0.312. The zero-order valence-corrected chi connectivity index (χ0v) is 18.1. The Kier molecular flexibility index (Phi) is 8.62. The smallest absolute Gasteiger partial charge is 0.255 e. The van der Waals surface area contributed by atoms with Crippen LogP contribution in [0.5, 0.6) is 0 Å². The summed E-state index contributed by atoms with van der Waals surface area (Å²) in [5.41, 5.74) is 2.67. The van der Waals surface area contributed by atoms with Crippen molar-refractivity contribution >= 4 is 29.3 Å². The van der Waals surface area contributed by atoms with E-state index in [0.717, 1.165) is 22.9 Å². The molecule has 3 aromatic rings. The van der Waals surface area contributed by atoms with E-state index in [4.69, 9.17) is 4.74 Å². The van der Waals surface area contributed by atoms with Crippen LogP contribution < -0.4 is 10.6 Å². The molecule has 8 nitrogen and oxygen atoms in total. The Hall–Kier alpha value is -3.17. The van der Waals surface area contributed by atoms with Gasteiger partial charge in [-0.1, -0.05) is 30.0 Å². The van der Waals surface area contributed by atoms with Crippen LogP contribution in [0, 0.1) is 0 Å². The molecule has 31 heavy (non-hydrogen) atoms. The van der Waals surface area contributed by atoms with Gasteiger partial charge in [0.2, 0.25) is 0 Å². The van der Waals surface area contributed by atoms with E-state index in [1.165, 1.54) is 18.1 Å². The van der Waals surface area contributed by atoms with Crippen molar-refractivity contribution in [1.29, 1.82) is 0 Å². The van der Waals surface area contributed by atoms with Gasteiger partial charge in [-0.15, -0.1) is 0 Å². The van der Waals surface area contributed by atoms with Crippen LogP contribution in [0.1, 0.15) is 39.6 Å². The Labute approximate surface area is 185 Å². The number of benzene rings is 2. The van der Waals surface area contributed by atoms with Crippen molar-refractivity contribution < 1.29 is 14.3 Å². The summed E-state index contributed by atoms with van der Waals surface area (Å²) in [5.74, 6) is 0.309. The van der Waals surface area contributed by atoms with E-state index >= 15 is 0 Å². The molecule has 0 aliphatic carbocycles. The van der Waals surface area contributed by atoms with E-state index in [0.29, 0.717) is 36.6 Å². The van der Waals surface area contributed by atoms with E-state index in [1.807, 2.05) is 19.1 Å². The second kappa shape index (κ2) is 11.9. The summed E-state index contributed by atoms with van der Waals surface area (Å²) in [7, 11) is 0. The predicted octanol–water partition coefficient (Wildman–Crippen LogP) is 3.51. The van der Waals surface area contributed by atoms with Gasteiger partial charge in [0.1, 0.15) is 6.33 Å². The minimum Gasteiger partial charge on any atom is -0.382 e. The maximum absolute atomic E-state index is 12.6. The van der Waals surface area contributed by atoms with Gasteiger partial charge in [-0.2, -0.15) is 5.10 Å². The van der Waals surface area contributed by atoms with E-state index in [2.05, 4.69) is 25.8 Å². The number of anilines is 1. The van der Waals surface area contributed by atoms with Crippen molar-refractivity contribution in [2.45, 2.75) is 24.3 Å². The molecule has 3 rings (SSSR count). The molecule has 0 atom stereocenters. The molecule has 0 saturated heterocycles. The first-order chi connectivity index (χ1) is 15.2. The second-order valence-corrected chi connectivity index (χ2v) is 7.58. The molecule has 0 radical (unpaired) electrons. The van der Waals surface area contributed by atoms with Crippen LogP contribution in [-0.4, -0.2) is 46.8 Å². The third-order valence-corrected chi connectivity index (χ3v) is 5.27. The number of amides is 2. The number of rotatable bonds is 11. The van der Waals surface area contributed by atoms with Crippen LogP contribution >= 0.6 is 11.8 Å². The Bertz CT molecular complexity index is 977. The van der Waals surface area contributed by atoms with Crippen LogP contribution in [0.15, 0.2) is 60.0 Å². The van der Waals surface area contributed by atoms with Gasteiger partial charge in [-0.3, -0.25) is 14.7 Å². The lowest BCUT2D eigenvalue weighted by Crippen LogP contribution is -2.25. The number of aromatic nitrogens is 3. The maximum atomic E-state index is 12.6. The Morgan fingerprint density at radius 1 is 1.10 bits per heavy atom. The molecule has 0 unspecified atom stereocenters. The summed E-state index contributed by atoms with van der Waals surface area (Å²) in [4.78, 5) is 28.9. The number of aromatic amines is 1. The summed E-state index contributed by atoms with van der Waals surface area (Å²) in [5, 5.41) is 13.1. The molecule has 1 heterocycles. The molecular formula is C22H25N5O3S. The lowest BCUT2D eigenvalue weighted by atomic mass is 10.1. The average molecular weight is 440 g/mol. The van der Waals surface area contributed by atoms with Gasteiger partial charge in [-0.25, -0.2) is 4.98 Å². The number of hydrogen-bond acceptors (Lipinski definition) is 6. The fourth-order valence-corrected chi connectivity index (χ4v) is 3.47. The molecule has 0 aliphatic heterocycles. The molecule has 0 saturated carbocycles. The van der Waals surface area contributed by atoms with E-state index < -0.39 is 0 Å². The summed E-state index contributed by atoms with van der Waals surface area (Å²) in [6, 6.07) is 14.3. The van der Waals surface area contributed by atoms with Gasteiger partial charge in [0, 0.05) is 42.3 Å². The van der Waals surface area contributed by atoms with Gasteiger partial charge < -0.3 is 15.4 Å². The molecule has 1 aromatic heterocycles. The van der Waals surface area contributed by atoms with Crippen LogP contribution in [0.4, 0.5) is 5.69 Å². The van der Waals surface area contributed by atoms with Crippen molar-refractivity contribution in [1.82, 2.24) is 20.5 Å². The Morgan fingerprint density at radius 3 is 2.68 bits per heavy atom. The first-order valence-corrected chi connectivity index (χ1v) is 11.0. The summed E-state index contributed by atoms with van der Waals surface area (Å²) >= 11 is 1.54. The highest BCUT2D eigenvalue weighted by Gasteiger charge is 2.10. The zero-order valence-electron chi connectivity index (χ0n) is 17.3. The maximum Gasteiger partial charge on any atom is 0.255 e. The molecule has 2 aromatic carbocycles. The number of nitrogens with zero attached hydrogens (tertiary/aromatic N) is 2. The number of ether oxygens (including phenoxy) is 1. The lowest BCUT2D eigenvalue weighted by Gasteiger charge is -2.09. The lowest BCUT2D eigenvalue weighted by molar-refractivity contribution is 0.0943. The number of H-pyrrole nitrogens is 1. The molecule has 162 valence electrons. The highest BCUT2D eigenvalue weighted by Crippen LogP contribution is 2.19. The minimum absolute atomic E-state index is 0.179. The van der Waals surface area contributed by atoms with Crippen LogP contribution in [0.2, 0.25) is 0 Å². The van der Waals surface area contributed by atoms with E-state index in [1.54, 1.807) is 36.4 Å². The van der Waals surface area contributed by atoms with Gasteiger partial charge >= 0.3 is 0 Å². The highest BCUT2D eigenvalue weighted by molar-refractivity contribution is 7.98. The molecule has 0 bridgehead atoms. The van der Waals surface area contributed by atoms with Crippen molar-refractivity contribution in [3.63, 3.8) is 0 Å². The SMILES string of the molecule is CCOCCCNC(=O)c1cccc(NC(=O)c2ccc(CSc3ncn[nH]3)cc2)c1. The minimum atomic E-state index is -0.233. The second-order valence-electron chi connectivity index (χ2n) is 6.62. The fraction of sp³-hybridized carbons (Fsp3) is 0.273. The van der Waals surface area contributed by atoms with Gasteiger partial charge in [-0.05, 0) is 49.2 Å².